The highest BCUT2D eigenvalue weighted by molar-refractivity contribution is 7.84. The third-order valence-electron chi connectivity index (χ3n) is 2.88. The number of carbonyl (C=O) groups is 1. The van der Waals surface area contributed by atoms with Crippen LogP contribution in [0.1, 0.15) is 15.9 Å². The summed E-state index contributed by atoms with van der Waals surface area (Å²) in [7, 11) is 0.588. The molecule has 1 amide bonds. The fourth-order valence-electron chi connectivity index (χ4n) is 1.88. The number of nitrogens with zero attached hydrogens (tertiary/aromatic N) is 1. The van der Waals surface area contributed by atoms with Gasteiger partial charge in [-0.15, -0.1) is 0 Å². The van der Waals surface area contributed by atoms with Crippen LogP contribution in [-0.2, 0) is 16.6 Å². The second kappa shape index (κ2) is 7.01. The molecule has 20 heavy (non-hydrogen) atoms. The van der Waals surface area contributed by atoms with Crippen molar-refractivity contribution < 1.29 is 9.00 Å². The molecule has 1 unspecified atom stereocenters. The second-order valence-electron chi connectivity index (χ2n) is 4.57. The first kappa shape index (κ1) is 14.5. The Kier molecular flexibility index (Phi) is 5.07. The monoisotopic (exact) mass is 287 g/mol. The van der Waals surface area contributed by atoms with Gasteiger partial charge in [0.1, 0.15) is 0 Å². The van der Waals surface area contributed by atoms with Gasteiger partial charge < -0.3 is 4.90 Å². The van der Waals surface area contributed by atoms with Crippen molar-refractivity contribution in [3.63, 3.8) is 0 Å². The van der Waals surface area contributed by atoms with Gasteiger partial charge in [0.25, 0.3) is 5.91 Å². The molecular formula is C16H17NO2S. The number of amides is 1. The zero-order chi connectivity index (χ0) is 14.4. The minimum atomic E-state index is -1.09. The van der Waals surface area contributed by atoms with Gasteiger partial charge in [0, 0.05) is 23.4 Å². The Hall–Kier alpha value is -1.94. The number of hydrogen-bond donors (Lipinski definition) is 0. The molecule has 0 spiro atoms. The predicted octanol–water partition coefficient (Wildman–Crippen LogP) is 2.67. The average Bonchev–Trinajstić information content (AvgIpc) is 2.48. The lowest BCUT2D eigenvalue weighted by Crippen LogP contribution is -2.30. The molecule has 1 atom stereocenters. The lowest BCUT2D eigenvalue weighted by molar-refractivity contribution is 0.0818. The quantitative estimate of drug-likeness (QED) is 0.848. The fraction of sp³-hybridized carbons (Fsp3) is 0.188. The van der Waals surface area contributed by atoms with E-state index in [4.69, 9.17) is 0 Å². The minimum Gasteiger partial charge on any atom is -0.330 e. The molecule has 0 saturated carbocycles. The molecule has 0 aromatic heterocycles. The van der Waals surface area contributed by atoms with Gasteiger partial charge in [0.15, 0.2) is 0 Å². The molecule has 3 nitrogen and oxygen atoms in total. The van der Waals surface area contributed by atoms with Crippen molar-refractivity contribution in [1.29, 1.82) is 0 Å². The highest BCUT2D eigenvalue weighted by Crippen LogP contribution is 2.07. The van der Waals surface area contributed by atoms with Crippen molar-refractivity contribution in [1.82, 2.24) is 4.90 Å². The highest BCUT2D eigenvalue weighted by Gasteiger charge is 2.13. The Labute approximate surface area is 121 Å². The van der Waals surface area contributed by atoms with Crippen LogP contribution in [0.15, 0.2) is 60.7 Å². The third kappa shape index (κ3) is 4.03. The van der Waals surface area contributed by atoms with Crippen LogP contribution in [0.4, 0.5) is 0 Å². The van der Waals surface area contributed by atoms with Gasteiger partial charge in [-0.1, -0.05) is 48.5 Å². The lowest BCUT2D eigenvalue weighted by atomic mass is 10.2. The Morgan fingerprint density at radius 1 is 1.00 bits per heavy atom. The molecule has 0 aliphatic rings. The molecule has 0 radical (unpaired) electrons. The van der Waals surface area contributed by atoms with Crippen molar-refractivity contribution in [3.05, 3.63) is 71.8 Å². The molecule has 104 valence electrons. The van der Waals surface area contributed by atoms with Crippen LogP contribution in [0, 0.1) is 0 Å². The summed E-state index contributed by atoms with van der Waals surface area (Å²) in [4.78, 5) is 13.6. The molecule has 0 N–H and O–H groups in total. The summed E-state index contributed by atoms with van der Waals surface area (Å²) in [5.74, 6) is 0.600. The molecule has 0 aliphatic heterocycles. The van der Waals surface area contributed by atoms with Crippen LogP contribution in [0.2, 0.25) is 0 Å². The topological polar surface area (TPSA) is 37.4 Å². The van der Waals surface area contributed by atoms with Gasteiger partial charge >= 0.3 is 0 Å². The van der Waals surface area contributed by atoms with E-state index in [1.165, 1.54) is 4.90 Å². The first-order valence-electron chi connectivity index (χ1n) is 6.36. The van der Waals surface area contributed by atoms with E-state index in [1.807, 2.05) is 48.5 Å². The summed E-state index contributed by atoms with van der Waals surface area (Å²) in [6, 6.07) is 18.7. The maximum Gasteiger partial charge on any atom is 0.254 e. The SMILES string of the molecule is CN(CS(=O)Cc1ccccc1)C(=O)c1ccccc1. The number of carbonyl (C=O) groups excluding carboxylic acids is 1. The predicted molar refractivity (Wildman–Crippen MR) is 81.7 cm³/mol. The molecule has 0 bridgehead atoms. The van der Waals surface area contributed by atoms with Crippen LogP contribution in [0.3, 0.4) is 0 Å². The number of hydrogen-bond acceptors (Lipinski definition) is 2. The zero-order valence-electron chi connectivity index (χ0n) is 11.4. The van der Waals surface area contributed by atoms with E-state index in [2.05, 4.69) is 0 Å². The second-order valence-corrected chi connectivity index (χ2v) is 5.99. The summed E-state index contributed by atoms with van der Waals surface area (Å²) in [5.41, 5.74) is 1.64. The third-order valence-corrected chi connectivity index (χ3v) is 4.21. The molecule has 2 aromatic carbocycles. The van der Waals surface area contributed by atoms with E-state index in [0.717, 1.165) is 5.56 Å². The first-order valence-corrected chi connectivity index (χ1v) is 7.85. The fourth-order valence-corrected chi connectivity index (χ4v) is 3.09. The summed E-state index contributed by atoms with van der Waals surface area (Å²) in [5, 5.41) is 0. The van der Waals surface area contributed by atoms with Crippen molar-refractivity contribution in [2.24, 2.45) is 0 Å². The van der Waals surface area contributed by atoms with E-state index >= 15 is 0 Å². The van der Waals surface area contributed by atoms with E-state index in [9.17, 15) is 9.00 Å². The van der Waals surface area contributed by atoms with E-state index < -0.39 is 10.8 Å². The number of rotatable bonds is 5. The van der Waals surface area contributed by atoms with Gasteiger partial charge in [0.2, 0.25) is 0 Å². The maximum absolute atomic E-state index is 12.1. The maximum atomic E-state index is 12.1. The van der Waals surface area contributed by atoms with Crippen LogP contribution >= 0.6 is 0 Å². The Balaban J connectivity index is 1.93. The van der Waals surface area contributed by atoms with Gasteiger partial charge in [-0.25, -0.2) is 0 Å². The van der Waals surface area contributed by atoms with Gasteiger partial charge in [-0.3, -0.25) is 9.00 Å². The molecule has 0 saturated heterocycles. The van der Waals surface area contributed by atoms with Gasteiger partial charge in [0.05, 0.1) is 11.6 Å². The van der Waals surface area contributed by atoms with E-state index in [0.29, 0.717) is 11.3 Å². The molecule has 0 heterocycles. The van der Waals surface area contributed by atoms with Crippen molar-refractivity contribution in [2.75, 3.05) is 12.9 Å². The largest absolute Gasteiger partial charge is 0.330 e. The van der Waals surface area contributed by atoms with Gasteiger partial charge in [-0.2, -0.15) is 0 Å². The molecule has 2 aromatic rings. The molecule has 2 rings (SSSR count). The molecule has 0 fully saturated rings. The van der Waals surface area contributed by atoms with E-state index in [1.54, 1.807) is 19.2 Å². The smallest absolute Gasteiger partial charge is 0.254 e. The van der Waals surface area contributed by atoms with Crippen LogP contribution in [0.5, 0.6) is 0 Å². The van der Waals surface area contributed by atoms with Crippen LogP contribution < -0.4 is 0 Å². The van der Waals surface area contributed by atoms with Crippen LogP contribution in [-0.4, -0.2) is 27.9 Å². The van der Waals surface area contributed by atoms with Crippen molar-refractivity contribution >= 4 is 16.7 Å². The van der Waals surface area contributed by atoms with Gasteiger partial charge in [-0.05, 0) is 17.7 Å². The Morgan fingerprint density at radius 2 is 1.55 bits per heavy atom. The zero-order valence-corrected chi connectivity index (χ0v) is 12.2. The average molecular weight is 287 g/mol. The molecular weight excluding hydrogens is 270 g/mol. The standard InChI is InChI=1S/C16H17NO2S/c1-17(16(18)15-10-6-3-7-11-15)13-20(19)12-14-8-4-2-5-9-14/h2-11H,12-13H2,1H3. The minimum absolute atomic E-state index is 0.105. The van der Waals surface area contributed by atoms with Crippen molar-refractivity contribution in [3.8, 4) is 0 Å². The summed E-state index contributed by atoms with van der Waals surface area (Å²) >= 11 is 0. The number of benzene rings is 2. The molecule has 0 aliphatic carbocycles. The van der Waals surface area contributed by atoms with E-state index in [-0.39, 0.29) is 11.8 Å². The lowest BCUT2D eigenvalue weighted by Gasteiger charge is -2.16. The Morgan fingerprint density at radius 3 is 2.15 bits per heavy atom. The highest BCUT2D eigenvalue weighted by atomic mass is 32.2. The normalized spacial score (nSPS) is 11.8. The first-order chi connectivity index (χ1) is 9.66. The van der Waals surface area contributed by atoms with Crippen molar-refractivity contribution in [2.45, 2.75) is 5.75 Å². The van der Waals surface area contributed by atoms with Crippen LogP contribution in [0.25, 0.3) is 0 Å². The summed E-state index contributed by atoms with van der Waals surface area (Å²) < 4.78 is 12.1. The molecule has 4 heteroatoms. The summed E-state index contributed by atoms with van der Waals surface area (Å²) in [6.45, 7) is 0. The summed E-state index contributed by atoms with van der Waals surface area (Å²) in [6.07, 6.45) is 0. The Bertz CT molecular complexity index is 584.